The first-order valence-corrected chi connectivity index (χ1v) is 11.4. The minimum absolute atomic E-state index is 0.00450. The van der Waals surface area contributed by atoms with E-state index in [0.29, 0.717) is 32.1 Å². The fraction of sp³-hybridized carbons (Fsp3) is 0.542. The summed E-state index contributed by atoms with van der Waals surface area (Å²) in [6.07, 6.45) is 5.16. The number of guanidine groups is 1. The van der Waals surface area contributed by atoms with Crippen LogP contribution < -0.4 is 10.6 Å². The van der Waals surface area contributed by atoms with Crippen molar-refractivity contribution in [3.05, 3.63) is 47.8 Å². The molecule has 2 aliphatic carbocycles. The Kier molecular flexibility index (Phi) is 6.60. The maximum absolute atomic E-state index is 13.3. The summed E-state index contributed by atoms with van der Waals surface area (Å²) in [5.74, 6) is 0.465. The lowest BCUT2D eigenvalue weighted by atomic mass is 9.85. The molecule has 1 saturated carbocycles. The topological polar surface area (TPSA) is 77.0 Å². The van der Waals surface area contributed by atoms with Crippen molar-refractivity contribution in [2.45, 2.75) is 19.4 Å². The quantitative estimate of drug-likeness (QED) is 0.278. The van der Waals surface area contributed by atoms with Crippen molar-refractivity contribution in [3.63, 3.8) is 0 Å². The van der Waals surface area contributed by atoms with Gasteiger partial charge < -0.3 is 15.5 Å². The van der Waals surface area contributed by atoms with Gasteiger partial charge in [-0.2, -0.15) is 0 Å². The molecule has 0 aromatic heterocycles. The summed E-state index contributed by atoms with van der Waals surface area (Å²) in [7, 11) is 3.93. The van der Waals surface area contributed by atoms with Crippen LogP contribution in [0.3, 0.4) is 0 Å². The van der Waals surface area contributed by atoms with Crippen LogP contribution in [0.2, 0.25) is 0 Å². The Balaban J connectivity index is 1.35. The number of imide groups is 1. The minimum Gasteiger partial charge on any atom is -0.357 e. The van der Waals surface area contributed by atoms with Crippen LogP contribution in [0.25, 0.3) is 0 Å². The highest BCUT2D eigenvalue weighted by atomic mass is 19.1. The van der Waals surface area contributed by atoms with E-state index in [4.69, 9.17) is 0 Å². The Hall–Kier alpha value is -2.74. The Morgan fingerprint density at radius 3 is 2.31 bits per heavy atom. The zero-order valence-corrected chi connectivity index (χ0v) is 18.9. The molecule has 7 nitrogen and oxygen atoms in total. The van der Waals surface area contributed by atoms with Gasteiger partial charge in [0.25, 0.3) is 0 Å². The van der Waals surface area contributed by atoms with Crippen LogP contribution in [-0.2, 0) is 9.59 Å². The molecule has 8 heteroatoms. The summed E-state index contributed by atoms with van der Waals surface area (Å²) >= 11 is 0. The third-order valence-corrected chi connectivity index (χ3v) is 6.83. The third-order valence-electron chi connectivity index (χ3n) is 6.83. The van der Waals surface area contributed by atoms with E-state index in [0.717, 1.165) is 12.0 Å². The summed E-state index contributed by atoms with van der Waals surface area (Å²) in [6, 6.07) is 6.47. The number of rotatable bonds is 8. The molecule has 1 saturated heterocycles. The Bertz CT molecular complexity index is 883. The van der Waals surface area contributed by atoms with E-state index in [1.54, 1.807) is 12.1 Å². The molecule has 0 radical (unpaired) electrons. The van der Waals surface area contributed by atoms with Gasteiger partial charge in [-0.15, -0.1) is 0 Å². The second-order valence-corrected chi connectivity index (χ2v) is 9.01. The zero-order chi connectivity index (χ0) is 22.8. The van der Waals surface area contributed by atoms with Gasteiger partial charge in [-0.05, 0) is 57.0 Å². The third kappa shape index (κ3) is 4.28. The largest absolute Gasteiger partial charge is 0.357 e. The van der Waals surface area contributed by atoms with Gasteiger partial charge in [-0.25, -0.2) is 4.39 Å². The highest BCUT2D eigenvalue weighted by Crippen LogP contribution is 2.52. The molecule has 5 unspecified atom stereocenters. The number of halogens is 1. The van der Waals surface area contributed by atoms with Crippen molar-refractivity contribution < 1.29 is 14.0 Å². The number of nitrogens with zero attached hydrogens (tertiary/aromatic N) is 3. The predicted molar refractivity (Wildman–Crippen MR) is 121 cm³/mol. The Morgan fingerprint density at radius 2 is 1.75 bits per heavy atom. The van der Waals surface area contributed by atoms with Crippen LogP contribution >= 0.6 is 0 Å². The van der Waals surface area contributed by atoms with Gasteiger partial charge in [0, 0.05) is 19.6 Å². The van der Waals surface area contributed by atoms with Gasteiger partial charge in [-0.1, -0.05) is 24.3 Å². The van der Waals surface area contributed by atoms with Crippen LogP contribution in [0.1, 0.15) is 24.9 Å². The van der Waals surface area contributed by atoms with Crippen molar-refractivity contribution in [3.8, 4) is 0 Å². The lowest BCUT2D eigenvalue weighted by Gasteiger charge is -2.24. The second-order valence-electron chi connectivity index (χ2n) is 9.01. The molecule has 1 aliphatic heterocycles. The monoisotopic (exact) mass is 441 g/mol. The molecular weight excluding hydrogens is 409 g/mol. The van der Waals surface area contributed by atoms with Gasteiger partial charge in [0.05, 0.1) is 24.4 Å². The summed E-state index contributed by atoms with van der Waals surface area (Å²) in [5, 5.41) is 6.46. The fourth-order valence-corrected chi connectivity index (χ4v) is 5.24. The Morgan fingerprint density at radius 1 is 1.12 bits per heavy atom. The van der Waals surface area contributed by atoms with E-state index < -0.39 is 0 Å². The fourth-order valence-electron chi connectivity index (χ4n) is 5.24. The standard InChI is InChI=1S/C24H32FN5O2/c1-4-26-24(28-14-19(29(2)3)15-7-9-18(25)10-8-15)27-11-12-30-22(31)20-16-5-6-17(13-16)21(20)23(30)32/h5-10,16-17,19-21H,4,11-14H2,1-3H3,(H2,26,27,28). The van der Waals surface area contributed by atoms with E-state index in [1.807, 2.05) is 25.9 Å². The van der Waals surface area contributed by atoms with E-state index in [9.17, 15) is 14.0 Å². The molecule has 2 fully saturated rings. The summed E-state index contributed by atoms with van der Waals surface area (Å²) < 4.78 is 13.3. The smallest absolute Gasteiger partial charge is 0.233 e. The summed E-state index contributed by atoms with van der Waals surface area (Å²) in [5.41, 5.74) is 0.985. The number of fused-ring (bicyclic) bond motifs is 5. The highest BCUT2D eigenvalue weighted by molar-refractivity contribution is 6.06. The SMILES string of the molecule is CCNC(=NCC(c1ccc(F)cc1)N(C)C)NCCN1C(=O)C2C3C=CC(C3)C2C1=O. The minimum atomic E-state index is -0.260. The molecule has 32 heavy (non-hydrogen) atoms. The lowest BCUT2D eigenvalue weighted by Crippen LogP contribution is -2.44. The molecule has 5 atom stereocenters. The molecule has 172 valence electrons. The van der Waals surface area contributed by atoms with Crippen molar-refractivity contribution >= 4 is 17.8 Å². The number of allylic oxidation sites excluding steroid dienone is 2. The van der Waals surface area contributed by atoms with Crippen LogP contribution in [0.15, 0.2) is 41.4 Å². The van der Waals surface area contributed by atoms with Crippen LogP contribution in [-0.4, -0.2) is 67.8 Å². The number of carbonyl (C=O) groups excluding carboxylic acids is 2. The number of amides is 2. The van der Waals surface area contributed by atoms with E-state index >= 15 is 0 Å². The van der Waals surface area contributed by atoms with Gasteiger partial charge in [0.1, 0.15) is 5.82 Å². The van der Waals surface area contributed by atoms with Gasteiger partial charge >= 0.3 is 0 Å². The van der Waals surface area contributed by atoms with Crippen molar-refractivity contribution in [2.75, 3.05) is 40.3 Å². The highest BCUT2D eigenvalue weighted by Gasteiger charge is 2.58. The molecular formula is C24H32FN5O2. The number of likely N-dealkylation sites (N-methyl/N-ethyl adjacent to an activating group) is 1. The number of benzene rings is 1. The number of nitrogens with one attached hydrogen (secondary N) is 2. The Labute approximate surface area is 188 Å². The van der Waals surface area contributed by atoms with E-state index in [-0.39, 0.29) is 47.3 Å². The number of carbonyl (C=O) groups is 2. The lowest BCUT2D eigenvalue weighted by molar-refractivity contribution is -0.140. The normalized spacial score (nSPS) is 27.4. The molecule has 1 aromatic carbocycles. The van der Waals surface area contributed by atoms with Crippen molar-refractivity contribution in [1.82, 2.24) is 20.4 Å². The second kappa shape index (κ2) is 9.40. The first-order chi connectivity index (χ1) is 15.4. The first kappa shape index (κ1) is 22.5. The van der Waals surface area contributed by atoms with E-state index in [1.165, 1.54) is 17.0 Å². The maximum atomic E-state index is 13.3. The number of aliphatic imine (C=N–C) groups is 1. The number of hydrogen-bond acceptors (Lipinski definition) is 4. The first-order valence-electron chi connectivity index (χ1n) is 11.4. The molecule has 4 rings (SSSR count). The molecule has 3 aliphatic rings. The summed E-state index contributed by atoms with van der Waals surface area (Å²) in [4.78, 5) is 33.8. The number of likely N-dealkylation sites (tertiary alicyclic amines) is 1. The zero-order valence-electron chi connectivity index (χ0n) is 18.9. The predicted octanol–water partition coefficient (Wildman–Crippen LogP) is 1.79. The van der Waals surface area contributed by atoms with Crippen LogP contribution in [0, 0.1) is 29.5 Å². The van der Waals surface area contributed by atoms with Crippen LogP contribution in [0.4, 0.5) is 4.39 Å². The van der Waals surface area contributed by atoms with Crippen LogP contribution in [0.5, 0.6) is 0 Å². The molecule has 1 aromatic rings. The molecule has 2 amide bonds. The maximum Gasteiger partial charge on any atom is 0.233 e. The average Bonchev–Trinajstić information content (AvgIpc) is 3.44. The molecule has 2 N–H and O–H groups in total. The van der Waals surface area contributed by atoms with E-state index in [2.05, 4.69) is 27.8 Å². The van der Waals surface area contributed by atoms with Crippen molar-refractivity contribution in [1.29, 1.82) is 0 Å². The van der Waals surface area contributed by atoms with Crippen molar-refractivity contribution in [2.24, 2.45) is 28.7 Å². The van der Waals surface area contributed by atoms with Gasteiger partial charge in [0.2, 0.25) is 11.8 Å². The molecule has 0 spiro atoms. The average molecular weight is 442 g/mol. The van der Waals surface area contributed by atoms with Gasteiger partial charge in [0.15, 0.2) is 5.96 Å². The van der Waals surface area contributed by atoms with Gasteiger partial charge in [-0.3, -0.25) is 19.5 Å². The molecule has 1 heterocycles. The number of hydrogen-bond donors (Lipinski definition) is 2. The summed E-state index contributed by atoms with van der Waals surface area (Å²) in [6.45, 7) is 3.93. The molecule has 2 bridgehead atoms.